The van der Waals surface area contributed by atoms with Gasteiger partial charge in [0.05, 0.1) is 18.2 Å². The van der Waals surface area contributed by atoms with Crippen LogP contribution in [0, 0.1) is 6.92 Å². The predicted octanol–water partition coefficient (Wildman–Crippen LogP) is 5.97. The van der Waals surface area contributed by atoms with E-state index in [0.717, 1.165) is 22.4 Å². The number of thiophene rings is 1. The maximum Gasteiger partial charge on any atom is 0.258 e. The number of benzene rings is 2. The Kier molecular flexibility index (Phi) is 5.59. The second kappa shape index (κ2) is 8.68. The van der Waals surface area contributed by atoms with Crippen LogP contribution in [0.5, 0.6) is 0 Å². The van der Waals surface area contributed by atoms with Gasteiger partial charge in [0.15, 0.2) is 5.11 Å². The largest absolute Gasteiger partial charge is 0.351 e. The first-order valence-electron chi connectivity index (χ1n) is 10.4. The maximum absolute atomic E-state index is 5.80. The lowest BCUT2D eigenvalue weighted by molar-refractivity contribution is 0.396. The van der Waals surface area contributed by atoms with Crippen molar-refractivity contribution in [2.24, 2.45) is 0 Å². The average molecular weight is 459 g/mol. The number of hydrogen-bond acceptors (Lipinski definition) is 5. The zero-order valence-electron chi connectivity index (χ0n) is 17.8. The summed E-state index contributed by atoms with van der Waals surface area (Å²) in [7, 11) is 0. The van der Waals surface area contributed by atoms with E-state index in [9.17, 15) is 0 Å². The standard InChI is InChI=1S/C25H22N4OS2/c1-16-10-12-18(13-11-16)22-21(24-27-23(28-30-24)19-7-4-3-5-8-19)17(2)29(25(31)26-22)15-20-9-6-14-32-20/h3-14,22H,15H2,1-2H3,(H,26,31). The van der Waals surface area contributed by atoms with Crippen LogP contribution in [0.15, 0.2) is 82.3 Å². The summed E-state index contributed by atoms with van der Waals surface area (Å²) in [5.41, 5.74) is 5.17. The minimum atomic E-state index is -0.174. The first kappa shape index (κ1) is 20.6. The SMILES string of the molecule is CC1=C(c2nc(-c3ccccc3)no2)C(c2ccc(C)cc2)NC(=S)N1Cc1cccs1. The number of hydrogen-bond donors (Lipinski definition) is 1. The molecule has 2 aromatic carbocycles. The summed E-state index contributed by atoms with van der Waals surface area (Å²) in [5, 5.41) is 10.5. The Hall–Kier alpha value is -3.29. The zero-order valence-corrected chi connectivity index (χ0v) is 19.4. The number of nitrogens with zero attached hydrogens (tertiary/aromatic N) is 3. The smallest absolute Gasteiger partial charge is 0.258 e. The van der Waals surface area contributed by atoms with Crippen LogP contribution >= 0.6 is 23.6 Å². The van der Waals surface area contributed by atoms with Crippen molar-refractivity contribution in [3.8, 4) is 11.4 Å². The van der Waals surface area contributed by atoms with E-state index >= 15 is 0 Å². The van der Waals surface area contributed by atoms with Crippen LogP contribution in [-0.4, -0.2) is 20.2 Å². The van der Waals surface area contributed by atoms with E-state index in [1.807, 2.05) is 30.3 Å². The lowest BCUT2D eigenvalue weighted by atomic mass is 9.94. The number of thiocarbonyl (C=S) groups is 1. The molecule has 4 aromatic rings. The van der Waals surface area contributed by atoms with Crippen molar-refractivity contribution in [1.82, 2.24) is 20.4 Å². The van der Waals surface area contributed by atoms with Gasteiger partial charge in [0.2, 0.25) is 5.82 Å². The van der Waals surface area contributed by atoms with Gasteiger partial charge in [-0.3, -0.25) is 0 Å². The van der Waals surface area contributed by atoms with Gasteiger partial charge in [0.1, 0.15) is 0 Å². The third-order valence-electron chi connectivity index (χ3n) is 5.59. The molecule has 7 heteroatoms. The van der Waals surface area contributed by atoms with Crippen molar-refractivity contribution >= 4 is 34.2 Å². The highest BCUT2D eigenvalue weighted by molar-refractivity contribution is 7.80. The fourth-order valence-electron chi connectivity index (χ4n) is 3.85. The molecule has 1 N–H and O–H groups in total. The molecule has 0 saturated carbocycles. The molecule has 0 saturated heterocycles. The number of allylic oxidation sites excluding steroid dienone is 1. The third kappa shape index (κ3) is 3.97. The summed E-state index contributed by atoms with van der Waals surface area (Å²) in [6.45, 7) is 4.85. The highest BCUT2D eigenvalue weighted by Gasteiger charge is 2.34. The average Bonchev–Trinajstić information content (AvgIpc) is 3.50. The van der Waals surface area contributed by atoms with E-state index in [2.05, 4.69) is 71.0 Å². The molecule has 1 atom stereocenters. The van der Waals surface area contributed by atoms with E-state index in [4.69, 9.17) is 21.7 Å². The molecule has 5 rings (SSSR count). The lowest BCUT2D eigenvalue weighted by Crippen LogP contribution is -2.45. The predicted molar refractivity (Wildman–Crippen MR) is 132 cm³/mol. The van der Waals surface area contributed by atoms with Gasteiger partial charge in [0, 0.05) is 16.1 Å². The summed E-state index contributed by atoms with van der Waals surface area (Å²) in [6, 6.07) is 22.3. The van der Waals surface area contributed by atoms with Crippen LogP contribution in [-0.2, 0) is 6.54 Å². The van der Waals surface area contributed by atoms with Crippen molar-refractivity contribution in [3.05, 3.63) is 99.7 Å². The molecule has 0 spiro atoms. The van der Waals surface area contributed by atoms with Gasteiger partial charge in [0.25, 0.3) is 5.89 Å². The molecule has 0 amide bonds. The Morgan fingerprint density at radius 2 is 1.81 bits per heavy atom. The van der Waals surface area contributed by atoms with E-state index < -0.39 is 0 Å². The quantitative estimate of drug-likeness (QED) is 0.372. The molecular weight excluding hydrogens is 436 g/mol. The molecule has 32 heavy (non-hydrogen) atoms. The van der Waals surface area contributed by atoms with Crippen LogP contribution in [0.25, 0.3) is 17.0 Å². The Morgan fingerprint density at radius 1 is 1.03 bits per heavy atom. The van der Waals surface area contributed by atoms with Crippen LogP contribution < -0.4 is 5.32 Å². The van der Waals surface area contributed by atoms with Crippen LogP contribution in [0.4, 0.5) is 0 Å². The van der Waals surface area contributed by atoms with Crippen molar-refractivity contribution in [3.63, 3.8) is 0 Å². The zero-order chi connectivity index (χ0) is 22.1. The Bertz CT molecular complexity index is 1260. The maximum atomic E-state index is 5.80. The minimum absolute atomic E-state index is 0.174. The summed E-state index contributed by atoms with van der Waals surface area (Å²) in [6.07, 6.45) is 0. The third-order valence-corrected chi connectivity index (χ3v) is 6.79. The molecule has 3 heterocycles. The highest BCUT2D eigenvalue weighted by Crippen LogP contribution is 2.38. The van der Waals surface area contributed by atoms with Gasteiger partial charge >= 0.3 is 0 Å². The van der Waals surface area contributed by atoms with E-state index in [0.29, 0.717) is 23.4 Å². The second-order valence-corrected chi connectivity index (χ2v) is 9.17. The first-order chi connectivity index (χ1) is 15.6. The normalized spacial score (nSPS) is 16.4. The van der Waals surface area contributed by atoms with Crippen molar-refractivity contribution in [2.75, 3.05) is 0 Å². The molecule has 1 unspecified atom stereocenters. The lowest BCUT2D eigenvalue weighted by Gasteiger charge is -2.37. The molecule has 0 radical (unpaired) electrons. The van der Waals surface area contributed by atoms with Crippen LogP contribution in [0.2, 0.25) is 0 Å². The topological polar surface area (TPSA) is 54.2 Å². The van der Waals surface area contributed by atoms with Crippen molar-refractivity contribution in [2.45, 2.75) is 26.4 Å². The van der Waals surface area contributed by atoms with Gasteiger partial charge in [-0.15, -0.1) is 11.3 Å². The van der Waals surface area contributed by atoms with Gasteiger partial charge in [-0.25, -0.2) is 0 Å². The molecule has 5 nitrogen and oxygen atoms in total. The first-order valence-corrected chi connectivity index (χ1v) is 11.7. The monoisotopic (exact) mass is 458 g/mol. The van der Waals surface area contributed by atoms with E-state index in [1.54, 1.807) is 11.3 Å². The Morgan fingerprint density at radius 3 is 2.53 bits per heavy atom. The van der Waals surface area contributed by atoms with Crippen molar-refractivity contribution < 1.29 is 4.52 Å². The number of nitrogens with one attached hydrogen (secondary N) is 1. The van der Waals surface area contributed by atoms with Gasteiger partial charge in [-0.1, -0.05) is 71.4 Å². The molecule has 2 aromatic heterocycles. The molecular formula is C25H22N4OS2. The van der Waals surface area contributed by atoms with E-state index in [1.165, 1.54) is 10.4 Å². The fourth-order valence-corrected chi connectivity index (χ4v) is 4.87. The van der Waals surface area contributed by atoms with Gasteiger partial charge in [-0.2, -0.15) is 4.98 Å². The molecule has 0 aliphatic carbocycles. The summed E-state index contributed by atoms with van der Waals surface area (Å²) in [4.78, 5) is 8.10. The van der Waals surface area contributed by atoms with Crippen molar-refractivity contribution in [1.29, 1.82) is 0 Å². The van der Waals surface area contributed by atoms with E-state index in [-0.39, 0.29) is 6.04 Å². The van der Waals surface area contributed by atoms with Crippen LogP contribution in [0.3, 0.4) is 0 Å². The highest BCUT2D eigenvalue weighted by atomic mass is 32.1. The molecule has 0 fully saturated rings. The summed E-state index contributed by atoms with van der Waals surface area (Å²) in [5.74, 6) is 1.07. The van der Waals surface area contributed by atoms with Crippen LogP contribution in [0.1, 0.15) is 34.9 Å². The molecule has 1 aliphatic rings. The Labute approximate surface area is 196 Å². The van der Waals surface area contributed by atoms with Gasteiger partial charge in [-0.05, 0) is 43.1 Å². The minimum Gasteiger partial charge on any atom is -0.351 e. The summed E-state index contributed by atoms with van der Waals surface area (Å²) < 4.78 is 5.80. The number of aryl methyl sites for hydroxylation is 1. The molecule has 160 valence electrons. The number of aromatic nitrogens is 2. The fraction of sp³-hybridized carbons (Fsp3) is 0.160. The molecule has 0 bridgehead atoms. The Balaban J connectivity index is 1.60. The summed E-state index contributed by atoms with van der Waals surface area (Å²) >= 11 is 7.50. The second-order valence-electron chi connectivity index (χ2n) is 7.75. The molecule has 1 aliphatic heterocycles. The number of rotatable bonds is 5. The van der Waals surface area contributed by atoms with Gasteiger partial charge < -0.3 is 14.7 Å².